The summed E-state index contributed by atoms with van der Waals surface area (Å²) in [5, 5.41) is 1.22. The van der Waals surface area contributed by atoms with Gasteiger partial charge in [-0.2, -0.15) is 0 Å². The van der Waals surface area contributed by atoms with Crippen LogP contribution in [0.1, 0.15) is 38.3 Å². The minimum atomic E-state index is 0.600. The summed E-state index contributed by atoms with van der Waals surface area (Å²) in [5.41, 5.74) is 3.69. The largest absolute Gasteiger partial charge is 0.356 e. The lowest BCUT2D eigenvalue weighted by molar-refractivity contribution is 0.665. The molecule has 2 saturated carbocycles. The molecule has 4 nitrogen and oxygen atoms in total. The highest BCUT2D eigenvalue weighted by Gasteiger charge is 2.32. The van der Waals surface area contributed by atoms with E-state index in [1.165, 1.54) is 31.5 Å². The highest BCUT2D eigenvalue weighted by Crippen LogP contribution is 2.38. The van der Waals surface area contributed by atoms with Gasteiger partial charge in [0.1, 0.15) is 11.5 Å². The quantitative estimate of drug-likeness (QED) is 0.482. The number of aromatic nitrogens is 3. The first-order valence-corrected chi connectivity index (χ1v) is 11.0. The van der Waals surface area contributed by atoms with Crippen molar-refractivity contribution >= 4 is 34.7 Å². The molecule has 0 unspecified atom stereocenters. The molecule has 2 fully saturated rings. The van der Waals surface area contributed by atoms with Gasteiger partial charge in [-0.05, 0) is 62.1 Å². The summed E-state index contributed by atoms with van der Waals surface area (Å²) >= 11 is 12.6. The third kappa shape index (κ3) is 3.48. The molecule has 0 N–H and O–H groups in total. The van der Waals surface area contributed by atoms with E-state index in [4.69, 9.17) is 28.2 Å². The molecule has 2 aliphatic rings. The van der Waals surface area contributed by atoms with E-state index in [0.29, 0.717) is 10.0 Å². The van der Waals surface area contributed by atoms with Crippen LogP contribution in [0.3, 0.4) is 0 Å². The van der Waals surface area contributed by atoms with Crippen LogP contribution in [0.25, 0.3) is 16.9 Å². The van der Waals surface area contributed by atoms with Gasteiger partial charge in [0.15, 0.2) is 5.65 Å². The number of halogens is 2. The van der Waals surface area contributed by atoms with Gasteiger partial charge >= 0.3 is 0 Å². The Morgan fingerprint density at radius 2 is 1.82 bits per heavy atom. The predicted octanol–water partition coefficient (Wildman–Crippen LogP) is 5.89. The van der Waals surface area contributed by atoms with Crippen LogP contribution in [0, 0.1) is 11.8 Å². The summed E-state index contributed by atoms with van der Waals surface area (Å²) in [7, 11) is 0. The minimum Gasteiger partial charge on any atom is -0.356 e. The van der Waals surface area contributed by atoms with E-state index in [0.717, 1.165) is 53.9 Å². The summed E-state index contributed by atoms with van der Waals surface area (Å²) in [6.45, 7) is 4.45. The van der Waals surface area contributed by atoms with Crippen molar-refractivity contribution in [3.8, 4) is 11.3 Å². The summed E-state index contributed by atoms with van der Waals surface area (Å²) in [5.74, 6) is 2.91. The first-order valence-electron chi connectivity index (χ1n) is 10.2. The Hall–Kier alpha value is -1.78. The van der Waals surface area contributed by atoms with Crippen molar-refractivity contribution in [2.45, 2.75) is 39.0 Å². The number of benzene rings is 1. The number of anilines is 1. The van der Waals surface area contributed by atoms with Crippen molar-refractivity contribution in [3.05, 3.63) is 46.3 Å². The molecular weight excluding hydrogens is 391 g/mol. The van der Waals surface area contributed by atoms with Crippen LogP contribution in [0.5, 0.6) is 0 Å². The monoisotopic (exact) mass is 414 g/mol. The van der Waals surface area contributed by atoms with Gasteiger partial charge in [0.2, 0.25) is 0 Å². The topological polar surface area (TPSA) is 33.4 Å². The molecule has 3 aromatic rings. The standard InChI is InChI=1S/C22H24Cl2N4/c1-2-19-22(27(12-14-3-4-14)13-15-5-6-15)28-10-9-25-20(21(28)26-19)17-8-7-16(23)11-18(17)24/h7-11,14-15H,2-6,12-13H2,1H3. The van der Waals surface area contributed by atoms with E-state index < -0.39 is 0 Å². The predicted molar refractivity (Wildman–Crippen MR) is 115 cm³/mol. The highest BCUT2D eigenvalue weighted by atomic mass is 35.5. The number of fused-ring (bicyclic) bond motifs is 1. The Morgan fingerprint density at radius 3 is 2.43 bits per heavy atom. The number of aryl methyl sites for hydroxylation is 1. The normalized spacial score (nSPS) is 16.7. The number of hydrogen-bond donors (Lipinski definition) is 0. The van der Waals surface area contributed by atoms with Gasteiger partial charge in [0.25, 0.3) is 0 Å². The molecule has 0 saturated heterocycles. The van der Waals surface area contributed by atoms with E-state index in [1.54, 1.807) is 6.07 Å². The lowest BCUT2D eigenvalue weighted by Crippen LogP contribution is -2.30. The molecule has 0 spiro atoms. The summed E-state index contributed by atoms with van der Waals surface area (Å²) < 4.78 is 2.22. The molecule has 0 bridgehead atoms. The van der Waals surface area contributed by atoms with Gasteiger partial charge in [-0.25, -0.2) is 4.98 Å². The Labute approximate surface area is 175 Å². The highest BCUT2D eigenvalue weighted by molar-refractivity contribution is 6.36. The zero-order chi connectivity index (χ0) is 19.3. The van der Waals surface area contributed by atoms with Gasteiger partial charge in [0, 0.05) is 36.1 Å². The van der Waals surface area contributed by atoms with E-state index >= 15 is 0 Å². The molecule has 1 aromatic carbocycles. The van der Waals surface area contributed by atoms with Crippen molar-refractivity contribution < 1.29 is 0 Å². The summed E-state index contributed by atoms with van der Waals surface area (Å²) in [4.78, 5) is 12.2. The Morgan fingerprint density at radius 1 is 1.11 bits per heavy atom. The second kappa shape index (κ2) is 7.23. The maximum Gasteiger partial charge on any atom is 0.165 e. The Kier molecular flexibility index (Phi) is 4.72. The molecule has 0 amide bonds. The zero-order valence-corrected chi connectivity index (χ0v) is 17.5. The molecule has 0 atom stereocenters. The first-order chi connectivity index (χ1) is 13.6. The lowest BCUT2D eigenvalue weighted by atomic mass is 10.1. The van der Waals surface area contributed by atoms with Crippen LogP contribution in [0.4, 0.5) is 5.82 Å². The van der Waals surface area contributed by atoms with Crippen molar-refractivity contribution in [2.24, 2.45) is 11.8 Å². The van der Waals surface area contributed by atoms with E-state index in [-0.39, 0.29) is 0 Å². The fourth-order valence-corrected chi connectivity index (χ4v) is 4.42. The average Bonchev–Trinajstić information content (AvgIpc) is 3.61. The Bertz CT molecular complexity index is 1010. The van der Waals surface area contributed by atoms with Crippen molar-refractivity contribution in [2.75, 3.05) is 18.0 Å². The van der Waals surface area contributed by atoms with Crippen molar-refractivity contribution in [1.29, 1.82) is 0 Å². The molecular formula is C22H24Cl2N4. The minimum absolute atomic E-state index is 0.600. The number of imidazole rings is 1. The smallest absolute Gasteiger partial charge is 0.165 e. The van der Waals surface area contributed by atoms with Crippen molar-refractivity contribution in [3.63, 3.8) is 0 Å². The fourth-order valence-electron chi connectivity index (χ4n) is 3.93. The maximum atomic E-state index is 6.49. The van der Waals surface area contributed by atoms with Gasteiger partial charge in [0.05, 0.1) is 10.7 Å². The molecule has 0 aliphatic heterocycles. The molecule has 5 rings (SSSR count). The SMILES string of the molecule is CCc1nc2c(-c3ccc(Cl)cc3Cl)nccn2c1N(CC1CC1)CC1CC1. The van der Waals surface area contributed by atoms with Gasteiger partial charge < -0.3 is 4.90 Å². The third-order valence-corrected chi connectivity index (χ3v) is 6.31. The number of nitrogens with zero attached hydrogens (tertiary/aromatic N) is 4. The van der Waals surface area contributed by atoms with E-state index in [9.17, 15) is 0 Å². The molecule has 6 heteroatoms. The molecule has 2 heterocycles. The van der Waals surface area contributed by atoms with Gasteiger partial charge in [-0.3, -0.25) is 9.38 Å². The molecule has 2 aliphatic carbocycles. The fraction of sp³-hybridized carbons (Fsp3) is 0.455. The van der Waals surface area contributed by atoms with Gasteiger partial charge in [-0.1, -0.05) is 30.1 Å². The molecule has 0 radical (unpaired) electrons. The molecule has 2 aromatic heterocycles. The van der Waals surface area contributed by atoms with Crippen LogP contribution < -0.4 is 4.90 Å². The van der Waals surface area contributed by atoms with Crippen LogP contribution in [-0.2, 0) is 6.42 Å². The zero-order valence-electron chi connectivity index (χ0n) is 16.0. The van der Waals surface area contributed by atoms with E-state index in [2.05, 4.69) is 21.2 Å². The molecule has 28 heavy (non-hydrogen) atoms. The second-order valence-electron chi connectivity index (χ2n) is 8.12. The molecule has 146 valence electrons. The maximum absolute atomic E-state index is 6.49. The average molecular weight is 415 g/mol. The lowest BCUT2D eigenvalue weighted by Gasteiger charge is -2.25. The van der Waals surface area contributed by atoms with Crippen LogP contribution in [0.15, 0.2) is 30.6 Å². The van der Waals surface area contributed by atoms with E-state index in [1.807, 2.05) is 24.5 Å². The number of rotatable bonds is 7. The van der Waals surface area contributed by atoms with Crippen LogP contribution in [0.2, 0.25) is 10.0 Å². The first kappa shape index (κ1) is 18.3. The second-order valence-corrected chi connectivity index (χ2v) is 8.96. The van der Waals surface area contributed by atoms with Gasteiger partial charge in [-0.15, -0.1) is 0 Å². The number of hydrogen-bond acceptors (Lipinski definition) is 3. The summed E-state index contributed by atoms with van der Waals surface area (Å²) in [6.07, 6.45) is 10.2. The third-order valence-electron chi connectivity index (χ3n) is 5.76. The van der Waals surface area contributed by atoms with Crippen LogP contribution in [-0.4, -0.2) is 27.5 Å². The van der Waals surface area contributed by atoms with Crippen LogP contribution >= 0.6 is 23.2 Å². The Balaban J connectivity index is 1.65. The van der Waals surface area contributed by atoms with Crippen molar-refractivity contribution in [1.82, 2.24) is 14.4 Å². The summed E-state index contributed by atoms with van der Waals surface area (Å²) in [6, 6.07) is 5.55.